The Balaban J connectivity index is 2.58. The predicted octanol–water partition coefficient (Wildman–Crippen LogP) is 3.56. The van der Waals surface area contributed by atoms with E-state index < -0.39 is 0 Å². The summed E-state index contributed by atoms with van der Waals surface area (Å²) < 4.78 is 0. The van der Waals surface area contributed by atoms with E-state index in [0.29, 0.717) is 0 Å². The van der Waals surface area contributed by atoms with Gasteiger partial charge in [-0.25, -0.2) is 0 Å². The number of benzene rings is 1. The Hall–Kier alpha value is -1.02. The van der Waals surface area contributed by atoms with E-state index in [0.717, 1.165) is 28.9 Å². The quantitative estimate of drug-likeness (QED) is 0.416. The third-order valence-electron chi connectivity index (χ3n) is 1.94. The smallest absolute Gasteiger partial charge is 0.150 e. The third kappa shape index (κ3) is 3.38. The number of aldehydes is 1. The fourth-order valence-electron chi connectivity index (χ4n) is 0.965. The van der Waals surface area contributed by atoms with Crippen LogP contribution in [-0.4, -0.2) is 12.0 Å². The monoisotopic (exact) mass is 206 g/mol. The first-order valence-corrected chi connectivity index (χ1v) is 5.59. The lowest BCUT2D eigenvalue weighted by atomic mass is 10.2. The van der Waals surface area contributed by atoms with Gasteiger partial charge in [0.1, 0.15) is 6.29 Å². The van der Waals surface area contributed by atoms with E-state index in [4.69, 9.17) is 0 Å². The van der Waals surface area contributed by atoms with Gasteiger partial charge in [-0.3, -0.25) is 4.79 Å². The first-order chi connectivity index (χ1) is 6.76. The Morgan fingerprint density at radius 2 is 2.36 bits per heavy atom. The van der Waals surface area contributed by atoms with E-state index in [-0.39, 0.29) is 0 Å². The van der Waals surface area contributed by atoms with Crippen molar-refractivity contribution in [1.29, 1.82) is 0 Å². The molecule has 0 amide bonds. The van der Waals surface area contributed by atoms with Gasteiger partial charge in [-0.2, -0.15) is 0 Å². The molecule has 1 nitrogen and oxygen atoms in total. The second-order valence-electron chi connectivity index (χ2n) is 3.08. The first kappa shape index (κ1) is 11.1. The van der Waals surface area contributed by atoms with Crippen LogP contribution in [0.2, 0.25) is 0 Å². The fraction of sp³-hybridized carbons (Fsp3) is 0.250. The molecule has 1 aromatic carbocycles. The van der Waals surface area contributed by atoms with Gasteiger partial charge in [0.05, 0.1) is 0 Å². The summed E-state index contributed by atoms with van der Waals surface area (Å²) in [7, 11) is 0. The van der Waals surface area contributed by atoms with Crippen LogP contribution in [0.5, 0.6) is 0 Å². The Morgan fingerprint density at radius 3 is 3.00 bits per heavy atom. The Labute approximate surface area is 89.2 Å². The van der Waals surface area contributed by atoms with E-state index in [1.165, 1.54) is 5.57 Å². The van der Waals surface area contributed by atoms with Crippen LogP contribution in [0.25, 0.3) is 0 Å². The van der Waals surface area contributed by atoms with Gasteiger partial charge in [-0.05, 0) is 18.6 Å². The molecule has 0 aliphatic heterocycles. The summed E-state index contributed by atoms with van der Waals surface area (Å²) >= 11 is 1.72. The molecule has 0 heterocycles. The number of carbonyl (C=O) groups excluding carboxylic acids is 1. The van der Waals surface area contributed by atoms with Crippen molar-refractivity contribution in [3.63, 3.8) is 0 Å². The van der Waals surface area contributed by atoms with E-state index in [1.54, 1.807) is 11.8 Å². The molecule has 74 valence electrons. The predicted molar refractivity (Wildman–Crippen MR) is 62.0 cm³/mol. The standard InChI is InChI=1S/C12H14OS/c1-3-10(2)9-14-12-6-4-5-11(7-12)8-13/h4-8H,2-3,9H2,1H3. The lowest BCUT2D eigenvalue weighted by Crippen LogP contribution is -1.84. The van der Waals surface area contributed by atoms with E-state index >= 15 is 0 Å². The van der Waals surface area contributed by atoms with Gasteiger partial charge in [0, 0.05) is 16.2 Å². The zero-order valence-corrected chi connectivity index (χ0v) is 9.14. The van der Waals surface area contributed by atoms with Crippen LogP contribution in [0.4, 0.5) is 0 Å². The molecule has 0 aromatic heterocycles. The molecule has 1 aromatic rings. The molecular formula is C12H14OS. The number of hydrogen-bond acceptors (Lipinski definition) is 2. The molecule has 0 N–H and O–H groups in total. The van der Waals surface area contributed by atoms with E-state index in [1.807, 2.05) is 24.3 Å². The molecule has 0 radical (unpaired) electrons. The Kier molecular flexibility index (Phi) is 4.47. The number of rotatable bonds is 5. The van der Waals surface area contributed by atoms with E-state index in [9.17, 15) is 4.79 Å². The molecule has 0 fully saturated rings. The molecule has 0 saturated heterocycles. The highest BCUT2D eigenvalue weighted by Gasteiger charge is 1.97. The maximum Gasteiger partial charge on any atom is 0.150 e. The van der Waals surface area contributed by atoms with Crippen LogP contribution < -0.4 is 0 Å². The number of hydrogen-bond donors (Lipinski definition) is 0. The highest BCUT2D eigenvalue weighted by atomic mass is 32.2. The lowest BCUT2D eigenvalue weighted by molar-refractivity contribution is 0.112. The molecule has 0 spiro atoms. The third-order valence-corrected chi connectivity index (χ3v) is 3.08. The zero-order valence-electron chi connectivity index (χ0n) is 8.32. The zero-order chi connectivity index (χ0) is 10.4. The minimum Gasteiger partial charge on any atom is -0.298 e. The Morgan fingerprint density at radius 1 is 1.57 bits per heavy atom. The summed E-state index contributed by atoms with van der Waals surface area (Å²) in [5, 5.41) is 0. The summed E-state index contributed by atoms with van der Waals surface area (Å²) in [6.45, 7) is 6.04. The highest BCUT2D eigenvalue weighted by Crippen LogP contribution is 2.21. The van der Waals surface area contributed by atoms with Crippen molar-refractivity contribution in [2.24, 2.45) is 0 Å². The van der Waals surface area contributed by atoms with Gasteiger partial charge in [0.15, 0.2) is 0 Å². The molecule has 14 heavy (non-hydrogen) atoms. The maximum atomic E-state index is 10.5. The van der Waals surface area contributed by atoms with Crippen molar-refractivity contribution in [1.82, 2.24) is 0 Å². The summed E-state index contributed by atoms with van der Waals surface area (Å²) in [4.78, 5) is 11.7. The van der Waals surface area contributed by atoms with Crippen molar-refractivity contribution >= 4 is 18.0 Å². The van der Waals surface area contributed by atoms with E-state index in [2.05, 4.69) is 13.5 Å². The van der Waals surface area contributed by atoms with Crippen molar-refractivity contribution in [2.45, 2.75) is 18.2 Å². The van der Waals surface area contributed by atoms with Gasteiger partial charge >= 0.3 is 0 Å². The van der Waals surface area contributed by atoms with Crippen LogP contribution in [0.1, 0.15) is 23.7 Å². The SMILES string of the molecule is C=C(CC)CSc1cccc(C=O)c1. The minimum atomic E-state index is 0.733. The van der Waals surface area contributed by atoms with Crippen molar-refractivity contribution < 1.29 is 4.79 Å². The lowest BCUT2D eigenvalue weighted by Gasteiger charge is -2.02. The van der Waals surface area contributed by atoms with Gasteiger partial charge < -0.3 is 0 Å². The number of thioether (sulfide) groups is 1. The summed E-state index contributed by atoms with van der Waals surface area (Å²) in [5.41, 5.74) is 1.96. The van der Waals surface area contributed by atoms with Gasteiger partial charge in [-0.15, -0.1) is 11.8 Å². The summed E-state index contributed by atoms with van der Waals surface area (Å²) in [6, 6.07) is 7.63. The van der Waals surface area contributed by atoms with Gasteiger partial charge in [0.2, 0.25) is 0 Å². The largest absolute Gasteiger partial charge is 0.298 e. The van der Waals surface area contributed by atoms with Crippen molar-refractivity contribution in [3.8, 4) is 0 Å². The summed E-state index contributed by atoms with van der Waals surface area (Å²) in [5.74, 6) is 0.929. The fourth-order valence-corrected chi connectivity index (χ4v) is 1.93. The molecular weight excluding hydrogens is 192 g/mol. The Bertz CT molecular complexity index is 331. The molecule has 0 atom stereocenters. The topological polar surface area (TPSA) is 17.1 Å². The molecule has 0 aliphatic rings. The maximum absolute atomic E-state index is 10.5. The van der Waals surface area contributed by atoms with Crippen LogP contribution in [0.3, 0.4) is 0 Å². The van der Waals surface area contributed by atoms with Crippen molar-refractivity contribution in [3.05, 3.63) is 42.0 Å². The second-order valence-corrected chi connectivity index (χ2v) is 4.13. The van der Waals surface area contributed by atoms with Crippen LogP contribution in [0, 0.1) is 0 Å². The van der Waals surface area contributed by atoms with Gasteiger partial charge in [0.25, 0.3) is 0 Å². The molecule has 1 rings (SSSR count). The average Bonchev–Trinajstić information content (AvgIpc) is 2.26. The molecule has 2 heteroatoms. The normalized spacial score (nSPS) is 9.79. The molecule has 0 saturated carbocycles. The molecule has 0 unspecified atom stereocenters. The average molecular weight is 206 g/mol. The second kappa shape index (κ2) is 5.66. The number of carbonyl (C=O) groups is 1. The summed E-state index contributed by atoms with van der Waals surface area (Å²) in [6.07, 6.45) is 1.89. The van der Waals surface area contributed by atoms with Crippen LogP contribution in [0.15, 0.2) is 41.3 Å². The van der Waals surface area contributed by atoms with Gasteiger partial charge in [-0.1, -0.05) is 31.2 Å². The van der Waals surface area contributed by atoms with Crippen LogP contribution in [-0.2, 0) is 0 Å². The highest BCUT2D eigenvalue weighted by molar-refractivity contribution is 7.99. The molecule has 0 bridgehead atoms. The van der Waals surface area contributed by atoms with Crippen molar-refractivity contribution in [2.75, 3.05) is 5.75 Å². The minimum absolute atomic E-state index is 0.733. The van der Waals surface area contributed by atoms with Crippen LogP contribution >= 0.6 is 11.8 Å². The first-order valence-electron chi connectivity index (χ1n) is 4.61. The molecule has 0 aliphatic carbocycles.